The fraction of sp³-hybridized carbons (Fsp3) is 0.438. The first-order chi connectivity index (χ1) is 9.79. The fourth-order valence-corrected chi connectivity index (χ4v) is 2.32. The standard InChI is InChI=1S/C16H22N2O2/c1-20-15-12-17-11-14(15)18-16(19)10-6-5-9-13-7-3-2-4-8-13/h2-5,7-9,14-15,17H,6,10-12H2,1H3,(H,18,19)/b9-5+. The number of benzene rings is 1. The van der Waals surface area contributed by atoms with Crippen molar-refractivity contribution in [1.82, 2.24) is 10.6 Å². The Morgan fingerprint density at radius 1 is 1.40 bits per heavy atom. The number of rotatable bonds is 6. The Labute approximate surface area is 120 Å². The maximum absolute atomic E-state index is 11.8. The Morgan fingerprint density at radius 2 is 2.20 bits per heavy atom. The van der Waals surface area contributed by atoms with Crippen molar-refractivity contribution in [2.24, 2.45) is 0 Å². The van der Waals surface area contributed by atoms with Crippen LogP contribution in [0.5, 0.6) is 0 Å². The maximum atomic E-state index is 11.8. The molecular formula is C16H22N2O2. The SMILES string of the molecule is COC1CNCC1NC(=O)CC/C=C/c1ccccc1. The van der Waals surface area contributed by atoms with Gasteiger partial charge >= 0.3 is 0 Å². The summed E-state index contributed by atoms with van der Waals surface area (Å²) in [5.74, 6) is 0.0819. The second-order valence-corrected chi connectivity index (χ2v) is 4.96. The molecule has 1 aromatic rings. The van der Waals surface area contributed by atoms with Gasteiger partial charge in [-0.15, -0.1) is 0 Å². The smallest absolute Gasteiger partial charge is 0.220 e. The van der Waals surface area contributed by atoms with E-state index in [1.54, 1.807) is 7.11 Å². The number of carbonyl (C=O) groups is 1. The van der Waals surface area contributed by atoms with Crippen molar-refractivity contribution in [3.8, 4) is 0 Å². The Hall–Kier alpha value is -1.65. The first-order valence-electron chi connectivity index (χ1n) is 7.04. The highest BCUT2D eigenvalue weighted by Crippen LogP contribution is 2.06. The molecule has 108 valence electrons. The lowest BCUT2D eigenvalue weighted by molar-refractivity contribution is -0.122. The summed E-state index contributed by atoms with van der Waals surface area (Å²) in [5, 5.41) is 6.23. The molecule has 1 heterocycles. The summed E-state index contributed by atoms with van der Waals surface area (Å²) in [6, 6.07) is 10.2. The van der Waals surface area contributed by atoms with Gasteiger partial charge < -0.3 is 15.4 Å². The van der Waals surface area contributed by atoms with Crippen molar-refractivity contribution in [2.75, 3.05) is 20.2 Å². The van der Waals surface area contributed by atoms with Crippen molar-refractivity contribution >= 4 is 12.0 Å². The van der Waals surface area contributed by atoms with Crippen molar-refractivity contribution in [3.63, 3.8) is 0 Å². The van der Waals surface area contributed by atoms with Gasteiger partial charge in [-0.2, -0.15) is 0 Å². The van der Waals surface area contributed by atoms with Crippen LogP contribution in [0.3, 0.4) is 0 Å². The molecule has 2 atom stereocenters. The minimum Gasteiger partial charge on any atom is -0.378 e. The number of allylic oxidation sites excluding steroid dienone is 1. The normalized spacial score (nSPS) is 22.2. The van der Waals surface area contributed by atoms with Gasteiger partial charge in [-0.25, -0.2) is 0 Å². The van der Waals surface area contributed by atoms with Crippen LogP contribution in [0.25, 0.3) is 6.08 Å². The lowest BCUT2D eigenvalue weighted by atomic mass is 10.1. The van der Waals surface area contributed by atoms with Gasteiger partial charge in [0.15, 0.2) is 0 Å². The van der Waals surface area contributed by atoms with Crippen molar-refractivity contribution in [1.29, 1.82) is 0 Å². The summed E-state index contributed by atoms with van der Waals surface area (Å²) in [7, 11) is 1.68. The molecule has 2 N–H and O–H groups in total. The van der Waals surface area contributed by atoms with Crippen molar-refractivity contribution < 1.29 is 9.53 Å². The summed E-state index contributed by atoms with van der Waals surface area (Å²) in [6.07, 6.45) is 5.42. The number of hydrogen-bond acceptors (Lipinski definition) is 3. The molecule has 0 aromatic heterocycles. The molecule has 1 fully saturated rings. The average molecular weight is 274 g/mol. The van der Waals surface area contributed by atoms with Crippen LogP contribution in [0, 0.1) is 0 Å². The minimum absolute atomic E-state index is 0.0819. The van der Waals surface area contributed by atoms with Gasteiger partial charge in [0.2, 0.25) is 5.91 Å². The van der Waals surface area contributed by atoms with E-state index in [4.69, 9.17) is 4.74 Å². The quantitative estimate of drug-likeness (QED) is 0.828. The van der Waals surface area contributed by atoms with Gasteiger partial charge in [-0.3, -0.25) is 4.79 Å². The maximum Gasteiger partial charge on any atom is 0.220 e. The predicted molar refractivity (Wildman–Crippen MR) is 80.3 cm³/mol. The van der Waals surface area contributed by atoms with Crippen LogP contribution in [-0.2, 0) is 9.53 Å². The van der Waals surface area contributed by atoms with Gasteiger partial charge in [0.1, 0.15) is 0 Å². The van der Waals surface area contributed by atoms with E-state index in [2.05, 4.69) is 10.6 Å². The van der Waals surface area contributed by atoms with E-state index >= 15 is 0 Å². The largest absolute Gasteiger partial charge is 0.378 e. The van der Waals surface area contributed by atoms with E-state index in [0.717, 1.165) is 25.1 Å². The van der Waals surface area contributed by atoms with Crippen LogP contribution in [-0.4, -0.2) is 38.3 Å². The van der Waals surface area contributed by atoms with E-state index in [1.807, 2.05) is 42.5 Å². The number of ether oxygens (including phenoxy) is 1. The predicted octanol–water partition coefficient (Wildman–Crippen LogP) is 1.58. The molecule has 1 amide bonds. The molecule has 0 saturated carbocycles. The topological polar surface area (TPSA) is 50.4 Å². The highest BCUT2D eigenvalue weighted by Gasteiger charge is 2.27. The van der Waals surface area contributed by atoms with E-state index in [1.165, 1.54) is 0 Å². The number of nitrogens with one attached hydrogen (secondary N) is 2. The first-order valence-corrected chi connectivity index (χ1v) is 7.04. The second kappa shape index (κ2) is 7.82. The summed E-state index contributed by atoms with van der Waals surface area (Å²) >= 11 is 0. The molecule has 0 spiro atoms. The third-order valence-corrected chi connectivity index (χ3v) is 3.46. The highest BCUT2D eigenvalue weighted by atomic mass is 16.5. The molecule has 4 nitrogen and oxygen atoms in total. The monoisotopic (exact) mass is 274 g/mol. The third-order valence-electron chi connectivity index (χ3n) is 3.46. The fourth-order valence-electron chi connectivity index (χ4n) is 2.32. The Bertz CT molecular complexity index is 445. The zero-order chi connectivity index (χ0) is 14.2. The first kappa shape index (κ1) is 14.8. The van der Waals surface area contributed by atoms with E-state index in [9.17, 15) is 4.79 Å². The summed E-state index contributed by atoms with van der Waals surface area (Å²) < 4.78 is 5.32. The second-order valence-electron chi connectivity index (χ2n) is 4.96. The van der Waals surface area contributed by atoms with Crippen LogP contribution in [0.15, 0.2) is 36.4 Å². The molecule has 1 aromatic carbocycles. The molecule has 0 aliphatic carbocycles. The molecule has 0 radical (unpaired) electrons. The highest BCUT2D eigenvalue weighted by molar-refractivity contribution is 5.76. The number of carbonyl (C=O) groups excluding carboxylic acids is 1. The average Bonchev–Trinajstić information content (AvgIpc) is 2.92. The van der Waals surface area contributed by atoms with Gasteiger partial charge in [0, 0.05) is 26.6 Å². The molecule has 2 rings (SSSR count). The number of amides is 1. The molecule has 20 heavy (non-hydrogen) atoms. The van der Waals surface area contributed by atoms with E-state index in [-0.39, 0.29) is 18.1 Å². The molecule has 1 aliphatic rings. The summed E-state index contributed by atoms with van der Waals surface area (Å²) in [6.45, 7) is 1.58. The zero-order valence-corrected chi connectivity index (χ0v) is 11.8. The van der Waals surface area contributed by atoms with Crippen molar-refractivity contribution in [3.05, 3.63) is 42.0 Å². The van der Waals surface area contributed by atoms with Gasteiger partial charge in [-0.1, -0.05) is 42.5 Å². The van der Waals surface area contributed by atoms with Gasteiger partial charge in [0.25, 0.3) is 0 Å². The van der Waals surface area contributed by atoms with Crippen LogP contribution in [0.4, 0.5) is 0 Å². The molecule has 4 heteroatoms. The molecule has 1 saturated heterocycles. The van der Waals surface area contributed by atoms with Crippen molar-refractivity contribution in [2.45, 2.75) is 25.0 Å². The van der Waals surface area contributed by atoms with Gasteiger partial charge in [0.05, 0.1) is 12.1 Å². The molecule has 1 aliphatic heterocycles. The van der Waals surface area contributed by atoms with Crippen LogP contribution < -0.4 is 10.6 Å². The summed E-state index contributed by atoms with van der Waals surface area (Å²) in [5.41, 5.74) is 1.16. The van der Waals surface area contributed by atoms with E-state index < -0.39 is 0 Å². The molecule has 2 unspecified atom stereocenters. The van der Waals surface area contributed by atoms with Gasteiger partial charge in [-0.05, 0) is 12.0 Å². The van der Waals surface area contributed by atoms with E-state index in [0.29, 0.717) is 6.42 Å². The van der Waals surface area contributed by atoms with Crippen LogP contribution >= 0.6 is 0 Å². The zero-order valence-electron chi connectivity index (χ0n) is 11.8. The van der Waals surface area contributed by atoms with Crippen LogP contribution in [0.2, 0.25) is 0 Å². The number of hydrogen-bond donors (Lipinski definition) is 2. The Kier molecular flexibility index (Phi) is 5.77. The Balaban J connectivity index is 1.69. The number of methoxy groups -OCH3 is 1. The Morgan fingerprint density at radius 3 is 2.95 bits per heavy atom. The summed E-state index contributed by atoms with van der Waals surface area (Å²) in [4.78, 5) is 11.8. The third kappa shape index (κ3) is 4.47. The molecule has 0 bridgehead atoms. The molecular weight excluding hydrogens is 252 g/mol. The minimum atomic E-state index is 0.0819. The lowest BCUT2D eigenvalue weighted by Gasteiger charge is -2.18. The van der Waals surface area contributed by atoms with Crippen LogP contribution in [0.1, 0.15) is 18.4 Å². The lowest BCUT2D eigenvalue weighted by Crippen LogP contribution is -2.43.